The molecule has 366 valence electrons. The molecule has 0 atom stereocenters. The van der Waals surface area contributed by atoms with E-state index in [0.717, 1.165) is 5.32 Å². The lowest BCUT2D eigenvalue weighted by atomic mass is 9.82. The van der Waals surface area contributed by atoms with Gasteiger partial charge in [-0.05, 0) is 18.6 Å². The predicted octanol–water partition coefficient (Wildman–Crippen LogP) is 10.5. The van der Waals surface area contributed by atoms with Gasteiger partial charge in [-0.25, -0.2) is 9.59 Å². The van der Waals surface area contributed by atoms with Gasteiger partial charge in [0.25, 0.3) is 5.91 Å². The van der Waals surface area contributed by atoms with Gasteiger partial charge in [0, 0.05) is 6.92 Å². The highest BCUT2D eigenvalue weighted by atomic mass is 19.4. The molecule has 0 saturated carbocycles. The van der Waals surface area contributed by atoms with Crippen LogP contribution in [0.1, 0.15) is 28.4 Å². The van der Waals surface area contributed by atoms with Crippen molar-refractivity contribution in [1.82, 2.24) is 5.32 Å². The molecule has 37 heteroatoms. The van der Waals surface area contributed by atoms with Crippen molar-refractivity contribution in [3.63, 3.8) is 0 Å². The molecular weight excluding hydrogens is 997 g/mol. The molecule has 1 N–H and O–H groups in total. The molecule has 0 saturated heterocycles. The summed E-state index contributed by atoms with van der Waals surface area (Å²) in [5, 5.41) is 1.13. The minimum absolute atomic E-state index is 0.103. The van der Waals surface area contributed by atoms with Gasteiger partial charge in [-0.1, -0.05) is 0 Å². The molecule has 0 unspecified atom stereocenters. The first-order chi connectivity index (χ1) is 27.9. The zero-order valence-corrected chi connectivity index (χ0v) is 29.2. The molecule has 1 amide bonds. The number of alkyl halides is 29. The first kappa shape index (κ1) is 56.9. The molecule has 1 aromatic carbocycles. The van der Waals surface area contributed by atoms with Crippen LogP contribution in [0.3, 0.4) is 0 Å². The Morgan fingerprint density at radius 3 is 1.06 bits per heavy atom. The Balaban J connectivity index is 4.33. The number of ether oxygens (including phenoxy) is 1. The Labute approximate surface area is 329 Å². The molecule has 0 heterocycles. The van der Waals surface area contributed by atoms with Crippen LogP contribution < -0.4 is 5.32 Å². The molecular formula is C27H10F29N3O5. The van der Waals surface area contributed by atoms with Gasteiger partial charge in [0.15, 0.2) is 6.73 Å². The van der Waals surface area contributed by atoms with Crippen molar-refractivity contribution in [2.24, 2.45) is 9.98 Å². The summed E-state index contributed by atoms with van der Waals surface area (Å²) in [5.74, 6) is -128. The second-order valence-corrected chi connectivity index (χ2v) is 12.0. The van der Waals surface area contributed by atoms with Crippen LogP contribution in [0.2, 0.25) is 0 Å². The Morgan fingerprint density at radius 1 is 0.500 bits per heavy atom. The summed E-state index contributed by atoms with van der Waals surface area (Å²) in [6.45, 7) is -0.687. The van der Waals surface area contributed by atoms with Crippen LogP contribution in [0, 0.1) is 6.92 Å². The van der Waals surface area contributed by atoms with E-state index in [9.17, 15) is 129 Å². The van der Waals surface area contributed by atoms with E-state index in [2.05, 4.69) is 14.7 Å². The van der Waals surface area contributed by atoms with Crippen LogP contribution in [-0.2, 0) is 25.0 Å². The van der Waals surface area contributed by atoms with E-state index in [-0.39, 0.29) is 12.1 Å². The number of benzene rings is 1. The minimum Gasteiger partial charge on any atom is -0.445 e. The Hall–Kier alpha value is -5.11. The number of carbonyl (C=O) groups excluding carboxylic acids is 4. The fourth-order valence-electron chi connectivity index (χ4n) is 4.43. The third-order valence-electron chi connectivity index (χ3n) is 7.93. The van der Waals surface area contributed by atoms with E-state index in [4.69, 9.17) is 0 Å². The van der Waals surface area contributed by atoms with Crippen LogP contribution in [0.15, 0.2) is 16.1 Å². The highest BCUT2D eigenvalue weighted by molar-refractivity contribution is 5.99. The number of aryl methyl sites for hydroxylation is 1. The second-order valence-electron chi connectivity index (χ2n) is 12.0. The fraction of sp³-hybridized carbons (Fsp3) is 0.630. The van der Waals surface area contributed by atoms with Gasteiger partial charge in [0.2, 0.25) is 12.2 Å². The van der Waals surface area contributed by atoms with Crippen molar-refractivity contribution in [3.8, 4) is 0 Å². The van der Waals surface area contributed by atoms with Gasteiger partial charge in [-0.2, -0.15) is 137 Å². The number of hydrogen-bond donors (Lipinski definition) is 1. The molecule has 0 aliphatic rings. The predicted molar refractivity (Wildman–Crippen MR) is 140 cm³/mol. The number of rotatable bonds is 18. The SMILES string of the molecule is CC(=O)OCNC(=O)c1cc(C)c(N=C=O)c(N=C=O)c1C(F)(F)C(F)(F)C(F)(F)C(F)(F)C(F)(F)C(F)(F)C(F)(F)C(F)(F)C(F)(F)C(F)(F)C(F)(F)C(F)(F)C(F)(F)C(F)(F)F. The minimum atomic E-state index is -10.1. The average molecular weight is 1010 g/mol. The third-order valence-corrected chi connectivity index (χ3v) is 7.93. The van der Waals surface area contributed by atoms with Gasteiger partial charge in [-0.15, -0.1) is 0 Å². The van der Waals surface area contributed by atoms with Crippen LogP contribution >= 0.6 is 0 Å². The number of hydrogen-bond acceptors (Lipinski definition) is 7. The lowest BCUT2D eigenvalue weighted by Gasteiger charge is -2.46. The Bertz CT molecular complexity index is 2080. The zero-order chi connectivity index (χ0) is 51.7. The number of carbonyl (C=O) groups is 2. The van der Waals surface area contributed by atoms with E-state index in [1.165, 1.54) is 0 Å². The molecule has 0 bridgehead atoms. The highest BCUT2D eigenvalue weighted by Gasteiger charge is 3.01. The number of nitrogens with zero attached hydrogens (tertiary/aromatic N) is 2. The highest BCUT2D eigenvalue weighted by Crippen LogP contribution is 2.69. The smallest absolute Gasteiger partial charge is 0.445 e. The van der Waals surface area contributed by atoms with Crippen LogP contribution in [0.5, 0.6) is 0 Å². The molecule has 1 aromatic rings. The summed E-state index contributed by atoms with van der Waals surface area (Å²) >= 11 is 0. The van der Waals surface area contributed by atoms with Gasteiger partial charge in [0.05, 0.1) is 11.1 Å². The molecule has 0 spiro atoms. The molecule has 8 nitrogen and oxygen atoms in total. The van der Waals surface area contributed by atoms with Crippen LogP contribution in [0.25, 0.3) is 0 Å². The van der Waals surface area contributed by atoms with E-state index >= 15 is 17.6 Å². The second kappa shape index (κ2) is 16.1. The summed E-state index contributed by atoms with van der Waals surface area (Å²) in [6, 6.07) is -0.371. The Morgan fingerprint density at radius 2 is 0.781 bits per heavy atom. The van der Waals surface area contributed by atoms with E-state index < -0.39 is 130 Å². The first-order valence-corrected chi connectivity index (χ1v) is 14.6. The molecule has 0 radical (unpaired) electrons. The van der Waals surface area contributed by atoms with Gasteiger partial charge in [-0.3, -0.25) is 9.59 Å². The average Bonchev–Trinajstić information content (AvgIpc) is 3.11. The largest absolute Gasteiger partial charge is 0.460 e. The number of aliphatic imine (C=N–C) groups is 2. The first-order valence-electron chi connectivity index (χ1n) is 14.6. The maximum Gasteiger partial charge on any atom is 0.460 e. The number of amides is 1. The summed E-state index contributed by atoms with van der Waals surface area (Å²) in [5.41, 5.74) is -11.8. The summed E-state index contributed by atoms with van der Waals surface area (Å²) in [7, 11) is 0. The molecule has 0 fully saturated rings. The van der Waals surface area contributed by atoms with Gasteiger partial charge < -0.3 is 10.1 Å². The Kier molecular flexibility index (Phi) is 14.3. The number of halogens is 29. The topological polar surface area (TPSA) is 114 Å². The lowest BCUT2D eigenvalue weighted by Crippen LogP contribution is -2.79. The quantitative estimate of drug-likeness (QED) is 0.0517. The maximum absolute atomic E-state index is 15.6. The van der Waals surface area contributed by atoms with Gasteiger partial charge in [0.1, 0.15) is 11.4 Å². The maximum atomic E-state index is 15.6. The van der Waals surface area contributed by atoms with Crippen LogP contribution in [-0.4, -0.2) is 108 Å². The zero-order valence-electron chi connectivity index (χ0n) is 29.2. The van der Waals surface area contributed by atoms with Gasteiger partial charge >= 0.3 is 89.1 Å². The van der Waals surface area contributed by atoms with E-state index in [1.54, 1.807) is 0 Å². The third kappa shape index (κ3) is 7.50. The van der Waals surface area contributed by atoms with Crippen molar-refractivity contribution in [3.05, 3.63) is 22.8 Å². The number of isocyanates is 2. The molecule has 0 aliphatic carbocycles. The molecule has 64 heavy (non-hydrogen) atoms. The van der Waals surface area contributed by atoms with Crippen molar-refractivity contribution < 1.29 is 151 Å². The molecule has 0 aliphatic heterocycles. The normalized spacial score (nSPS) is 15.0. The van der Waals surface area contributed by atoms with Crippen molar-refractivity contribution in [1.29, 1.82) is 0 Å². The van der Waals surface area contributed by atoms with Crippen molar-refractivity contribution in [2.75, 3.05) is 6.73 Å². The fourth-order valence-corrected chi connectivity index (χ4v) is 4.43. The summed E-state index contributed by atoms with van der Waals surface area (Å²) in [6.07, 6.45) is -7.92. The summed E-state index contributed by atoms with van der Waals surface area (Å²) < 4.78 is 412. The van der Waals surface area contributed by atoms with Crippen LogP contribution in [0.4, 0.5) is 139 Å². The molecule has 0 aromatic heterocycles. The lowest BCUT2D eigenvalue weighted by molar-refractivity contribution is -0.487. The summed E-state index contributed by atoms with van der Waals surface area (Å²) in [4.78, 5) is 49.7. The number of nitrogens with one attached hydrogen (secondary N) is 1. The standard InChI is InChI=1S/C27H10F29N3O5/c1-7-3-9(13(63)59-6-64-8(2)62)10(12(58-5-61)11(7)57-4-60)14(28,29)15(30,31)16(32,33)17(34,35)18(36,37)19(38,39)20(40,41)21(42,43)22(44,45)23(46,47)24(48,49)25(50,51)26(52,53)27(54,55)56/h3H,6H2,1-2H3,(H,59,63). The van der Waals surface area contributed by atoms with E-state index in [0.29, 0.717) is 19.9 Å². The van der Waals surface area contributed by atoms with E-state index in [1.807, 2.05) is 0 Å². The monoisotopic (exact) mass is 1010 g/mol. The van der Waals surface area contributed by atoms with Crippen molar-refractivity contribution >= 4 is 35.4 Å². The molecule has 1 rings (SSSR count). The number of esters is 1. The van der Waals surface area contributed by atoms with Crippen molar-refractivity contribution in [2.45, 2.75) is 97.0 Å².